The Hall–Kier alpha value is -1.58. The molecule has 0 fully saturated rings. The minimum Gasteiger partial charge on any atom is -0.391 e. The Balaban J connectivity index is 2.21. The Kier molecular flexibility index (Phi) is 5.39. The number of aliphatic hydroxyl groups is 1. The summed E-state index contributed by atoms with van der Waals surface area (Å²) >= 11 is 6.17. The Morgan fingerprint density at radius 1 is 1.25 bits per heavy atom. The van der Waals surface area contributed by atoms with Gasteiger partial charge in [-0.15, -0.1) is 0 Å². The summed E-state index contributed by atoms with van der Waals surface area (Å²) in [6.07, 6.45) is 3.76. The molecule has 0 saturated carbocycles. The summed E-state index contributed by atoms with van der Waals surface area (Å²) in [5.74, 6) is 0. The van der Waals surface area contributed by atoms with E-state index < -0.39 is 0 Å². The van der Waals surface area contributed by atoms with Crippen molar-refractivity contribution < 1.29 is 5.11 Å². The molecule has 3 nitrogen and oxygen atoms in total. The standard InChI is InChI=1S/C16H19ClN2O/c1-2-15(20)12-19(14-6-4-3-5-7-14)11-13-8-9-18-10-16(13)17/h3-10,15,20H,2,11-12H2,1H3. The van der Waals surface area contributed by atoms with E-state index >= 15 is 0 Å². The van der Waals surface area contributed by atoms with E-state index in [2.05, 4.69) is 9.88 Å². The maximum atomic E-state index is 9.95. The van der Waals surface area contributed by atoms with E-state index in [9.17, 15) is 5.11 Å². The molecule has 20 heavy (non-hydrogen) atoms. The van der Waals surface area contributed by atoms with Gasteiger partial charge in [-0.05, 0) is 30.2 Å². The summed E-state index contributed by atoms with van der Waals surface area (Å²) < 4.78 is 0. The van der Waals surface area contributed by atoms with Crippen LogP contribution in [0, 0.1) is 0 Å². The third kappa shape index (κ3) is 3.95. The Morgan fingerprint density at radius 2 is 2.00 bits per heavy atom. The summed E-state index contributed by atoms with van der Waals surface area (Å²) in [7, 11) is 0. The van der Waals surface area contributed by atoms with Gasteiger partial charge in [0.05, 0.1) is 11.1 Å². The second-order valence-corrected chi connectivity index (χ2v) is 5.15. The fourth-order valence-corrected chi connectivity index (χ4v) is 2.20. The molecule has 0 bridgehead atoms. The first-order valence-electron chi connectivity index (χ1n) is 6.77. The molecule has 0 spiro atoms. The zero-order valence-corrected chi connectivity index (χ0v) is 12.3. The number of pyridine rings is 1. The predicted octanol–water partition coefficient (Wildman–Crippen LogP) is 3.51. The molecule has 0 aliphatic rings. The molecule has 1 heterocycles. The highest BCUT2D eigenvalue weighted by Crippen LogP contribution is 2.21. The van der Waals surface area contributed by atoms with Crippen molar-refractivity contribution in [1.82, 2.24) is 4.98 Å². The number of aliphatic hydroxyl groups excluding tert-OH is 1. The topological polar surface area (TPSA) is 36.4 Å². The third-order valence-electron chi connectivity index (χ3n) is 3.24. The average Bonchev–Trinajstić information content (AvgIpc) is 2.49. The molecule has 1 N–H and O–H groups in total. The van der Waals surface area contributed by atoms with E-state index in [1.165, 1.54) is 0 Å². The number of benzene rings is 1. The number of aromatic nitrogens is 1. The van der Waals surface area contributed by atoms with E-state index in [1.807, 2.05) is 43.3 Å². The van der Waals surface area contributed by atoms with Crippen molar-refractivity contribution in [3.05, 3.63) is 59.4 Å². The number of anilines is 1. The average molecular weight is 291 g/mol. The van der Waals surface area contributed by atoms with Gasteiger partial charge in [-0.3, -0.25) is 4.98 Å². The Bertz CT molecular complexity index is 533. The molecule has 1 unspecified atom stereocenters. The van der Waals surface area contributed by atoms with Crippen LogP contribution >= 0.6 is 11.6 Å². The van der Waals surface area contributed by atoms with Crippen molar-refractivity contribution in [3.63, 3.8) is 0 Å². The van der Waals surface area contributed by atoms with Gasteiger partial charge >= 0.3 is 0 Å². The number of rotatable bonds is 6. The Morgan fingerprint density at radius 3 is 2.65 bits per heavy atom. The first-order chi connectivity index (χ1) is 9.70. The van der Waals surface area contributed by atoms with Crippen LogP contribution in [0.5, 0.6) is 0 Å². The van der Waals surface area contributed by atoms with Crippen LogP contribution in [0.15, 0.2) is 48.8 Å². The fourth-order valence-electron chi connectivity index (χ4n) is 2.02. The molecule has 2 rings (SSSR count). The lowest BCUT2D eigenvalue weighted by atomic mass is 10.2. The zero-order valence-electron chi connectivity index (χ0n) is 11.5. The van der Waals surface area contributed by atoms with Gasteiger partial charge in [0.15, 0.2) is 0 Å². The van der Waals surface area contributed by atoms with Crippen LogP contribution in [0.3, 0.4) is 0 Å². The normalized spacial score (nSPS) is 12.2. The summed E-state index contributed by atoms with van der Waals surface area (Å²) in [5, 5.41) is 10.6. The van der Waals surface area contributed by atoms with Crippen molar-refractivity contribution in [2.24, 2.45) is 0 Å². The second-order valence-electron chi connectivity index (χ2n) is 4.75. The van der Waals surface area contributed by atoms with Gasteiger partial charge in [0.1, 0.15) is 0 Å². The molecule has 1 atom stereocenters. The van der Waals surface area contributed by atoms with Gasteiger partial charge in [0.25, 0.3) is 0 Å². The number of para-hydroxylation sites is 1. The summed E-state index contributed by atoms with van der Waals surface area (Å²) in [6, 6.07) is 12.0. The number of hydrogen-bond acceptors (Lipinski definition) is 3. The molecule has 0 aliphatic carbocycles. The van der Waals surface area contributed by atoms with Crippen molar-refractivity contribution in [2.45, 2.75) is 26.0 Å². The van der Waals surface area contributed by atoms with E-state index in [-0.39, 0.29) is 6.10 Å². The Labute approximate surface area is 124 Å². The molecule has 0 amide bonds. The molecular formula is C16H19ClN2O. The highest BCUT2D eigenvalue weighted by molar-refractivity contribution is 6.31. The van der Waals surface area contributed by atoms with Crippen molar-refractivity contribution in [3.8, 4) is 0 Å². The van der Waals surface area contributed by atoms with Gasteiger partial charge in [-0.25, -0.2) is 0 Å². The lowest BCUT2D eigenvalue weighted by Crippen LogP contribution is -2.31. The quantitative estimate of drug-likeness (QED) is 0.884. The fraction of sp³-hybridized carbons (Fsp3) is 0.312. The smallest absolute Gasteiger partial charge is 0.0712 e. The van der Waals surface area contributed by atoms with Crippen LogP contribution in [0.1, 0.15) is 18.9 Å². The minimum absolute atomic E-state index is 0.351. The minimum atomic E-state index is -0.351. The monoisotopic (exact) mass is 290 g/mol. The first kappa shape index (κ1) is 14.8. The molecule has 0 aliphatic heterocycles. The number of halogens is 1. The molecule has 0 radical (unpaired) electrons. The molecule has 4 heteroatoms. The van der Waals surface area contributed by atoms with Gasteiger partial charge in [-0.1, -0.05) is 36.7 Å². The van der Waals surface area contributed by atoms with E-state index in [4.69, 9.17) is 11.6 Å². The lowest BCUT2D eigenvalue weighted by molar-refractivity contribution is 0.175. The van der Waals surface area contributed by atoms with E-state index in [1.54, 1.807) is 12.4 Å². The van der Waals surface area contributed by atoms with Gasteiger partial charge in [-0.2, -0.15) is 0 Å². The SMILES string of the molecule is CCC(O)CN(Cc1ccncc1Cl)c1ccccc1. The maximum Gasteiger partial charge on any atom is 0.0712 e. The van der Waals surface area contributed by atoms with Crippen LogP contribution in [-0.4, -0.2) is 22.7 Å². The van der Waals surface area contributed by atoms with Crippen LogP contribution in [-0.2, 0) is 6.54 Å². The second kappa shape index (κ2) is 7.27. The third-order valence-corrected chi connectivity index (χ3v) is 3.58. The van der Waals surface area contributed by atoms with Gasteiger partial charge in [0.2, 0.25) is 0 Å². The molecule has 106 valence electrons. The summed E-state index contributed by atoms with van der Waals surface area (Å²) in [5.41, 5.74) is 2.08. The van der Waals surface area contributed by atoms with Crippen LogP contribution in [0.2, 0.25) is 5.02 Å². The summed E-state index contributed by atoms with van der Waals surface area (Å²) in [6.45, 7) is 3.22. The molecular weight excluding hydrogens is 272 g/mol. The molecule has 1 aromatic heterocycles. The van der Waals surface area contributed by atoms with Crippen molar-refractivity contribution in [2.75, 3.05) is 11.4 Å². The van der Waals surface area contributed by atoms with Gasteiger partial charge in [0, 0.05) is 31.2 Å². The number of nitrogens with zero attached hydrogens (tertiary/aromatic N) is 2. The summed E-state index contributed by atoms with van der Waals surface area (Å²) in [4.78, 5) is 6.14. The highest BCUT2D eigenvalue weighted by Gasteiger charge is 2.13. The predicted molar refractivity (Wildman–Crippen MR) is 83.0 cm³/mol. The zero-order chi connectivity index (χ0) is 14.4. The maximum absolute atomic E-state index is 9.95. The van der Waals surface area contributed by atoms with Crippen molar-refractivity contribution in [1.29, 1.82) is 0 Å². The molecule has 0 saturated heterocycles. The highest BCUT2D eigenvalue weighted by atomic mass is 35.5. The lowest BCUT2D eigenvalue weighted by Gasteiger charge is -2.27. The largest absolute Gasteiger partial charge is 0.391 e. The van der Waals surface area contributed by atoms with Crippen LogP contribution < -0.4 is 4.90 Å². The molecule has 2 aromatic rings. The van der Waals surface area contributed by atoms with Crippen molar-refractivity contribution >= 4 is 17.3 Å². The van der Waals surface area contributed by atoms with Gasteiger partial charge < -0.3 is 10.0 Å². The van der Waals surface area contributed by atoms with Crippen LogP contribution in [0.4, 0.5) is 5.69 Å². The number of hydrogen-bond donors (Lipinski definition) is 1. The molecule has 1 aromatic carbocycles. The van der Waals surface area contributed by atoms with E-state index in [0.29, 0.717) is 18.1 Å². The van der Waals surface area contributed by atoms with Crippen LogP contribution in [0.25, 0.3) is 0 Å². The van der Waals surface area contributed by atoms with E-state index in [0.717, 1.165) is 17.7 Å². The first-order valence-corrected chi connectivity index (χ1v) is 7.15.